The number of methoxy groups -OCH3 is 1. The number of aliphatic hydroxyl groups is 1. The lowest BCUT2D eigenvalue weighted by atomic mass is 9.93. The van der Waals surface area contributed by atoms with Crippen LogP contribution in [-0.2, 0) is 9.59 Å². The summed E-state index contributed by atoms with van der Waals surface area (Å²) in [5.74, 6) is -0.230. The lowest BCUT2D eigenvalue weighted by molar-refractivity contribution is -0.132. The Balaban J connectivity index is 1.99. The number of amides is 1. The van der Waals surface area contributed by atoms with Crippen LogP contribution in [0, 0.1) is 13.8 Å². The van der Waals surface area contributed by atoms with E-state index in [4.69, 9.17) is 14.2 Å². The lowest BCUT2D eigenvalue weighted by Crippen LogP contribution is -2.29. The van der Waals surface area contributed by atoms with Gasteiger partial charge in [0.25, 0.3) is 11.7 Å². The Morgan fingerprint density at radius 2 is 1.71 bits per heavy atom. The number of carbonyl (C=O) groups is 2. The average Bonchev–Trinajstić information content (AvgIpc) is 3.13. The monoisotopic (exact) mass is 515 g/mol. The molecule has 1 unspecified atom stereocenters. The molecule has 1 heterocycles. The first-order valence-electron chi connectivity index (χ1n) is 12.6. The molecule has 38 heavy (non-hydrogen) atoms. The van der Waals surface area contributed by atoms with Crippen molar-refractivity contribution in [2.75, 3.05) is 18.6 Å². The number of aryl methyl sites for hydroxylation is 2. The zero-order valence-corrected chi connectivity index (χ0v) is 22.6. The second-order valence-electron chi connectivity index (χ2n) is 9.50. The van der Waals surface area contributed by atoms with Gasteiger partial charge in [-0.05, 0) is 81.6 Å². The maximum absolute atomic E-state index is 13.6. The molecule has 1 fully saturated rings. The third kappa shape index (κ3) is 5.09. The van der Waals surface area contributed by atoms with E-state index in [9.17, 15) is 14.7 Å². The molecule has 0 bridgehead atoms. The van der Waals surface area contributed by atoms with E-state index in [0.29, 0.717) is 40.7 Å². The summed E-state index contributed by atoms with van der Waals surface area (Å²) in [6, 6.07) is 17.0. The lowest BCUT2D eigenvalue weighted by Gasteiger charge is -2.26. The standard InChI is InChI=1S/C31H33NO6/c1-7-37-23-12-9-11-22(17-23)32-27(21-10-8-13-24(16-21)38-18(2)3)26(29(34)31(32)35)28(33)25-15-19(4)14-20(5)30(25)36-6/h8-18,27,33H,7H2,1-6H3/b28-26+. The summed E-state index contributed by atoms with van der Waals surface area (Å²) in [6.45, 7) is 9.92. The number of benzene rings is 3. The number of anilines is 1. The van der Waals surface area contributed by atoms with Crippen molar-refractivity contribution >= 4 is 23.1 Å². The predicted octanol–water partition coefficient (Wildman–Crippen LogP) is 6.12. The molecule has 1 N–H and O–H groups in total. The van der Waals surface area contributed by atoms with Gasteiger partial charge in [0.1, 0.15) is 23.0 Å². The molecule has 7 nitrogen and oxygen atoms in total. The molecule has 1 atom stereocenters. The van der Waals surface area contributed by atoms with Gasteiger partial charge in [-0.2, -0.15) is 0 Å². The van der Waals surface area contributed by atoms with Crippen molar-refractivity contribution in [1.29, 1.82) is 0 Å². The van der Waals surface area contributed by atoms with Crippen molar-refractivity contribution in [1.82, 2.24) is 0 Å². The summed E-state index contributed by atoms with van der Waals surface area (Å²) >= 11 is 0. The smallest absolute Gasteiger partial charge is 0.300 e. The molecule has 0 radical (unpaired) electrons. The molecule has 1 amide bonds. The van der Waals surface area contributed by atoms with Crippen LogP contribution < -0.4 is 19.1 Å². The molecule has 0 aromatic heterocycles. The van der Waals surface area contributed by atoms with Crippen LogP contribution in [0.15, 0.2) is 66.2 Å². The van der Waals surface area contributed by atoms with Crippen LogP contribution in [-0.4, -0.2) is 36.6 Å². The third-order valence-corrected chi connectivity index (χ3v) is 6.28. The number of aliphatic hydroxyl groups excluding tert-OH is 1. The normalized spacial score (nSPS) is 16.7. The molecular formula is C31H33NO6. The quantitative estimate of drug-likeness (QED) is 0.221. The van der Waals surface area contributed by atoms with E-state index in [0.717, 1.165) is 11.1 Å². The van der Waals surface area contributed by atoms with Gasteiger partial charge in [-0.3, -0.25) is 14.5 Å². The van der Waals surface area contributed by atoms with Crippen LogP contribution in [0.2, 0.25) is 0 Å². The molecule has 3 aromatic carbocycles. The van der Waals surface area contributed by atoms with Gasteiger partial charge in [-0.1, -0.05) is 24.3 Å². The summed E-state index contributed by atoms with van der Waals surface area (Å²) in [5, 5.41) is 11.7. The summed E-state index contributed by atoms with van der Waals surface area (Å²) in [4.78, 5) is 28.6. The summed E-state index contributed by atoms with van der Waals surface area (Å²) in [5.41, 5.74) is 3.11. The maximum atomic E-state index is 13.6. The molecule has 4 rings (SSSR count). The molecule has 3 aromatic rings. The summed E-state index contributed by atoms with van der Waals surface area (Å²) in [7, 11) is 1.51. The van der Waals surface area contributed by atoms with Crippen LogP contribution in [0.1, 0.15) is 49.1 Å². The first-order valence-corrected chi connectivity index (χ1v) is 12.6. The molecule has 0 saturated carbocycles. The molecule has 198 valence electrons. The molecule has 0 aliphatic carbocycles. The van der Waals surface area contributed by atoms with Gasteiger partial charge in [0, 0.05) is 11.8 Å². The van der Waals surface area contributed by atoms with Crippen LogP contribution in [0.5, 0.6) is 17.2 Å². The Morgan fingerprint density at radius 1 is 1.00 bits per heavy atom. The van der Waals surface area contributed by atoms with Gasteiger partial charge >= 0.3 is 0 Å². The number of rotatable bonds is 8. The third-order valence-electron chi connectivity index (χ3n) is 6.28. The van der Waals surface area contributed by atoms with Crippen molar-refractivity contribution in [2.24, 2.45) is 0 Å². The van der Waals surface area contributed by atoms with Gasteiger partial charge in [0.15, 0.2) is 0 Å². The van der Waals surface area contributed by atoms with Crippen LogP contribution in [0.25, 0.3) is 5.76 Å². The first-order chi connectivity index (χ1) is 18.2. The number of hydrogen-bond acceptors (Lipinski definition) is 6. The van der Waals surface area contributed by atoms with Crippen molar-refractivity contribution in [3.8, 4) is 17.2 Å². The fourth-order valence-electron chi connectivity index (χ4n) is 4.88. The minimum absolute atomic E-state index is 0.0261. The highest BCUT2D eigenvalue weighted by Crippen LogP contribution is 2.45. The van der Waals surface area contributed by atoms with E-state index >= 15 is 0 Å². The van der Waals surface area contributed by atoms with E-state index in [-0.39, 0.29) is 17.4 Å². The summed E-state index contributed by atoms with van der Waals surface area (Å²) in [6.07, 6.45) is -0.0704. The maximum Gasteiger partial charge on any atom is 0.300 e. The highest BCUT2D eigenvalue weighted by atomic mass is 16.5. The van der Waals surface area contributed by atoms with Crippen molar-refractivity contribution in [3.63, 3.8) is 0 Å². The van der Waals surface area contributed by atoms with Crippen molar-refractivity contribution in [3.05, 3.63) is 88.5 Å². The SMILES string of the molecule is CCOc1cccc(N2C(=O)C(=O)/C(=C(/O)c3cc(C)cc(C)c3OC)C2c2cccc(OC(C)C)c2)c1. The average molecular weight is 516 g/mol. The van der Waals surface area contributed by atoms with E-state index in [1.165, 1.54) is 12.0 Å². The molecule has 0 spiro atoms. The van der Waals surface area contributed by atoms with E-state index in [1.807, 2.05) is 52.8 Å². The molecule has 7 heteroatoms. The van der Waals surface area contributed by atoms with Gasteiger partial charge in [-0.25, -0.2) is 0 Å². The highest BCUT2D eigenvalue weighted by molar-refractivity contribution is 6.51. The van der Waals surface area contributed by atoms with Crippen molar-refractivity contribution < 1.29 is 28.9 Å². The Morgan fingerprint density at radius 3 is 2.39 bits per heavy atom. The molecule has 1 aliphatic heterocycles. The zero-order valence-electron chi connectivity index (χ0n) is 22.6. The fourth-order valence-corrected chi connectivity index (χ4v) is 4.88. The molecule has 1 saturated heterocycles. The Hall–Kier alpha value is -4.26. The minimum Gasteiger partial charge on any atom is -0.507 e. The minimum atomic E-state index is -0.909. The second-order valence-corrected chi connectivity index (χ2v) is 9.50. The number of ether oxygens (including phenoxy) is 3. The highest BCUT2D eigenvalue weighted by Gasteiger charge is 2.47. The number of ketones is 1. The second kappa shape index (κ2) is 11.0. The number of nitrogens with zero attached hydrogens (tertiary/aromatic N) is 1. The molecule has 1 aliphatic rings. The number of carbonyl (C=O) groups excluding carboxylic acids is 2. The van der Waals surface area contributed by atoms with E-state index in [1.54, 1.807) is 42.5 Å². The number of Topliss-reactive ketones (excluding diaryl/α,β-unsaturated/α-hetero) is 1. The molecular weight excluding hydrogens is 482 g/mol. The number of hydrogen-bond donors (Lipinski definition) is 1. The predicted molar refractivity (Wildman–Crippen MR) is 147 cm³/mol. The van der Waals surface area contributed by atoms with Crippen LogP contribution >= 0.6 is 0 Å². The van der Waals surface area contributed by atoms with E-state index in [2.05, 4.69) is 0 Å². The van der Waals surface area contributed by atoms with Gasteiger partial charge in [0.05, 0.1) is 37.0 Å². The Labute approximate surface area is 223 Å². The van der Waals surface area contributed by atoms with Crippen LogP contribution in [0.4, 0.5) is 5.69 Å². The van der Waals surface area contributed by atoms with Crippen LogP contribution in [0.3, 0.4) is 0 Å². The topological polar surface area (TPSA) is 85.3 Å². The Bertz CT molecular complexity index is 1410. The van der Waals surface area contributed by atoms with E-state index < -0.39 is 17.7 Å². The Kier molecular flexibility index (Phi) is 7.76. The fraction of sp³-hybridized carbons (Fsp3) is 0.290. The van der Waals surface area contributed by atoms with Crippen molar-refractivity contribution in [2.45, 2.75) is 46.8 Å². The largest absolute Gasteiger partial charge is 0.507 e. The van der Waals surface area contributed by atoms with Gasteiger partial charge < -0.3 is 19.3 Å². The zero-order chi connectivity index (χ0) is 27.6. The first kappa shape index (κ1) is 26.8. The van der Waals surface area contributed by atoms with Gasteiger partial charge in [-0.15, -0.1) is 0 Å². The summed E-state index contributed by atoms with van der Waals surface area (Å²) < 4.78 is 17.1. The van der Waals surface area contributed by atoms with Gasteiger partial charge in [0.2, 0.25) is 0 Å².